The minimum Gasteiger partial charge on any atom is -0.374 e. The smallest absolute Gasteiger partial charge is 0.257 e. The fourth-order valence-electron chi connectivity index (χ4n) is 1.08. The third-order valence-electron chi connectivity index (χ3n) is 1.75. The molecule has 1 aromatic heterocycles. The molecule has 0 saturated carbocycles. The molecule has 16 heavy (non-hydrogen) atoms. The van der Waals surface area contributed by atoms with Gasteiger partial charge in [-0.2, -0.15) is 0 Å². The monoisotopic (exact) mass is 346 g/mol. The van der Waals surface area contributed by atoms with Gasteiger partial charge in [0.1, 0.15) is 0 Å². The highest BCUT2D eigenvalue weighted by Gasteiger charge is 2.09. The molecule has 0 aliphatic rings. The van der Waals surface area contributed by atoms with Crippen LogP contribution < -0.4 is 11.1 Å². The first kappa shape index (κ1) is 11.3. The van der Waals surface area contributed by atoms with E-state index in [9.17, 15) is 4.79 Å². The van der Waals surface area contributed by atoms with E-state index in [0.29, 0.717) is 15.8 Å². The minimum absolute atomic E-state index is 0.213. The van der Waals surface area contributed by atoms with Gasteiger partial charge in [-0.05, 0) is 40.8 Å². The number of anilines is 2. The Morgan fingerprint density at radius 2 is 2.25 bits per heavy atom. The van der Waals surface area contributed by atoms with Gasteiger partial charge in [0.15, 0.2) is 0 Å². The van der Waals surface area contributed by atoms with E-state index in [1.807, 2.05) is 12.1 Å². The van der Waals surface area contributed by atoms with E-state index in [1.165, 1.54) is 0 Å². The van der Waals surface area contributed by atoms with Crippen LogP contribution in [0.3, 0.4) is 0 Å². The summed E-state index contributed by atoms with van der Waals surface area (Å²) in [6.07, 6.45) is 0. The molecule has 0 saturated heterocycles. The molecule has 0 fully saturated rings. The Morgan fingerprint density at radius 1 is 1.44 bits per heavy atom. The van der Waals surface area contributed by atoms with Crippen molar-refractivity contribution in [3.05, 3.63) is 33.4 Å². The number of hydrogen-bond donors (Lipinski definition) is 2. The predicted octanol–water partition coefficient (Wildman–Crippen LogP) is 1.98. The summed E-state index contributed by atoms with van der Waals surface area (Å²) in [5, 5.41) is 10.7. The lowest BCUT2D eigenvalue weighted by atomic mass is 10.2. The highest BCUT2D eigenvalue weighted by atomic mass is 127. The number of carbonyl (C=O) groups is 1. The number of halogens is 1. The highest BCUT2D eigenvalue weighted by Crippen LogP contribution is 2.17. The molecule has 1 amide bonds. The molecular formula is C9H7IN4OS. The highest BCUT2D eigenvalue weighted by molar-refractivity contribution is 14.1. The first-order chi connectivity index (χ1) is 7.65. The van der Waals surface area contributed by atoms with E-state index in [1.54, 1.807) is 12.1 Å². The Balaban J connectivity index is 2.14. The minimum atomic E-state index is -0.213. The molecule has 7 heteroatoms. The number of aromatic nitrogens is 2. The normalized spacial score (nSPS) is 10.1. The Bertz CT molecular complexity index is 528. The average molecular weight is 346 g/mol. The number of nitrogen functional groups attached to an aromatic ring is 1. The summed E-state index contributed by atoms with van der Waals surface area (Å²) in [7, 11) is 0. The summed E-state index contributed by atoms with van der Waals surface area (Å²) in [6.45, 7) is 0. The summed E-state index contributed by atoms with van der Waals surface area (Å²) in [5.41, 5.74) is 5.99. The van der Waals surface area contributed by atoms with Gasteiger partial charge < -0.3 is 5.73 Å². The van der Waals surface area contributed by atoms with Crippen molar-refractivity contribution in [3.63, 3.8) is 0 Å². The number of rotatable bonds is 2. The Labute approximate surface area is 109 Å². The lowest BCUT2D eigenvalue weighted by Crippen LogP contribution is -2.11. The third kappa shape index (κ3) is 2.67. The molecule has 0 unspecified atom stereocenters. The topological polar surface area (TPSA) is 80.9 Å². The number of nitrogens with one attached hydrogen (secondary N) is 1. The van der Waals surface area contributed by atoms with Gasteiger partial charge in [0, 0.05) is 9.13 Å². The number of nitrogens with two attached hydrogens (primary N) is 1. The fourth-order valence-corrected chi connectivity index (χ4v) is 2.13. The third-order valence-corrected chi connectivity index (χ3v) is 3.09. The number of carbonyl (C=O) groups excluding carboxylic acids is 1. The molecule has 5 nitrogen and oxygen atoms in total. The zero-order chi connectivity index (χ0) is 11.5. The molecule has 0 radical (unpaired) electrons. The van der Waals surface area contributed by atoms with E-state index < -0.39 is 0 Å². The van der Waals surface area contributed by atoms with Crippen LogP contribution in [0.25, 0.3) is 0 Å². The Morgan fingerprint density at radius 3 is 2.88 bits per heavy atom. The zero-order valence-electron chi connectivity index (χ0n) is 7.98. The quantitative estimate of drug-likeness (QED) is 0.815. The molecule has 2 rings (SSSR count). The summed E-state index contributed by atoms with van der Waals surface area (Å²) < 4.78 is 1.00. The van der Waals surface area contributed by atoms with Gasteiger partial charge in [-0.25, -0.2) is 0 Å². The largest absolute Gasteiger partial charge is 0.374 e. The van der Waals surface area contributed by atoms with Crippen LogP contribution in [0.15, 0.2) is 24.3 Å². The van der Waals surface area contributed by atoms with Crippen molar-refractivity contribution in [2.75, 3.05) is 11.1 Å². The van der Waals surface area contributed by atoms with Crippen molar-refractivity contribution in [1.29, 1.82) is 0 Å². The van der Waals surface area contributed by atoms with Crippen LogP contribution >= 0.6 is 33.9 Å². The Kier molecular flexibility index (Phi) is 3.34. The summed E-state index contributed by atoms with van der Waals surface area (Å²) in [4.78, 5) is 11.8. The van der Waals surface area contributed by atoms with Crippen molar-refractivity contribution >= 4 is 50.1 Å². The van der Waals surface area contributed by atoms with Gasteiger partial charge in [0.05, 0.1) is 0 Å². The second-order valence-corrected chi connectivity index (χ2v) is 5.16. The van der Waals surface area contributed by atoms with Crippen LogP contribution in [-0.2, 0) is 0 Å². The van der Waals surface area contributed by atoms with Gasteiger partial charge in [-0.1, -0.05) is 17.4 Å². The van der Waals surface area contributed by atoms with Crippen molar-refractivity contribution in [2.24, 2.45) is 0 Å². The van der Waals surface area contributed by atoms with Crippen LogP contribution in [0.1, 0.15) is 10.4 Å². The SMILES string of the molecule is Nc1nnc(NC(=O)c2cccc(I)c2)s1. The molecule has 2 aromatic rings. The molecule has 0 spiro atoms. The van der Waals surface area contributed by atoms with Gasteiger partial charge in [0.25, 0.3) is 5.91 Å². The summed E-state index contributed by atoms with van der Waals surface area (Å²) >= 11 is 3.29. The first-order valence-electron chi connectivity index (χ1n) is 4.31. The molecule has 0 bridgehead atoms. The van der Waals surface area contributed by atoms with E-state index in [2.05, 4.69) is 38.1 Å². The Hall–Kier alpha value is -1.22. The van der Waals surface area contributed by atoms with E-state index in [-0.39, 0.29) is 5.91 Å². The van der Waals surface area contributed by atoms with E-state index in [4.69, 9.17) is 5.73 Å². The van der Waals surface area contributed by atoms with Crippen LogP contribution in [0.2, 0.25) is 0 Å². The van der Waals surface area contributed by atoms with Crippen molar-refractivity contribution in [1.82, 2.24) is 10.2 Å². The lowest BCUT2D eigenvalue weighted by molar-refractivity contribution is 0.102. The molecule has 3 N–H and O–H groups in total. The van der Waals surface area contributed by atoms with E-state index >= 15 is 0 Å². The number of amides is 1. The first-order valence-corrected chi connectivity index (χ1v) is 6.20. The molecule has 0 aliphatic heterocycles. The molecule has 1 heterocycles. The van der Waals surface area contributed by atoms with Crippen LogP contribution in [0, 0.1) is 3.57 Å². The average Bonchev–Trinajstić information content (AvgIpc) is 2.64. The number of benzene rings is 1. The second kappa shape index (κ2) is 4.74. The fraction of sp³-hybridized carbons (Fsp3) is 0. The van der Waals surface area contributed by atoms with Crippen molar-refractivity contribution in [3.8, 4) is 0 Å². The van der Waals surface area contributed by atoms with Gasteiger partial charge in [-0.3, -0.25) is 10.1 Å². The molecule has 82 valence electrons. The van der Waals surface area contributed by atoms with Crippen LogP contribution in [0.4, 0.5) is 10.3 Å². The second-order valence-electron chi connectivity index (χ2n) is 2.91. The van der Waals surface area contributed by atoms with Crippen molar-refractivity contribution in [2.45, 2.75) is 0 Å². The zero-order valence-corrected chi connectivity index (χ0v) is 10.9. The van der Waals surface area contributed by atoms with Gasteiger partial charge >= 0.3 is 0 Å². The van der Waals surface area contributed by atoms with Gasteiger partial charge in [-0.15, -0.1) is 10.2 Å². The number of hydrogen-bond acceptors (Lipinski definition) is 5. The summed E-state index contributed by atoms with van der Waals surface area (Å²) in [6, 6.07) is 7.27. The maximum atomic E-state index is 11.8. The van der Waals surface area contributed by atoms with E-state index in [0.717, 1.165) is 14.9 Å². The standard InChI is InChI=1S/C9H7IN4OS/c10-6-3-1-2-5(4-6)7(15)12-9-14-13-8(11)16-9/h1-4H,(H2,11,13)(H,12,14,15). The van der Waals surface area contributed by atoms with Crippen LogP contribution in [0.5, 0.6) is 0 Å². The molecular weight excluding hydrogens is 339 g/mol. The lowest BCUT2D eigenvalue weighted by Gasteiger charge is -2.00. The van der Waals surface area contributed by atoms with Gasteiger partial charge in [0.2, 0.25) is 10.3 Å². The maximum Gasteiger partial charge on any atom is 0.257 e. The van der Waals surface area contributed by atoms with Crippen molar-refractivity contribution < 1.29 is 4.79 Å². The predicted molar refractivity (Wildman–Crippen MR) is 71.4 cm³/mol. The molecule has 1 aromatic carbocycles. The molecule has 0 aliphatic carbocycles. The van der Waals surface area contributed by atoms with Crippen LogP contribution in [-0.4, -0.2) is 16.1 Å². The summed E-state index contributed by atoms with van der Waals surface area (Å²) in [5.74, 6) is -0.213. The molecule has 0 atom stereocenters. The maximum absolute atomic E-state index is 11.8. The number of nitrogens with zero attached hydrogens (tertiary/aromatic N) is 2.